The number of nitrogens with zero attached hydrogens (tertiary/aromatic N) is 5. The second-order valence-corrected chi connectivity index (χ2v) is 5.77. The van der Waals surface area contributed by atoms with Gasteiger partial charge in [-0.25, -0.2) is 4.68 Å². The van der Waals surface area contributed by atoms with Crippen molar-refractivity contribution in [2.45, 2.75) is 30.5 Å². The number of pyridine rings is 1. The Balaban J connectivity index is 1.56. The van der Waals surface area contributed by atoms with E-state index in [1.165, 1.54) is 5.56 Å². The predicted octanol–water partition coefficient (Wildman–Crippen LogP) is 1.75. The molecule has 2 aromatic heterocycles. The van der Waals surface area contributed by atoms with E-state index in [4.69, 9.17) is 4.74 Å². The Bertz CT molecular complexity index is 527. The largest absolute Gasteiger partial charge is 0.381 e. The summed E-state index contributed by atoms with van der Waals surface area (Å²) in [5.74, 6) is 0.966. The van der Waals surface area contributed by atoms with Crippen molar-refractivity contribution in [2.75, 3.05) is 19.0 Å². The minimum absolute atomic E-state index is 0.377. The Labute approximate surface area is 121 Å². The lowest BCUT2D eigenvalue weighted by molar-refractivity contribution is 0.0631. The minimum atomic E-state index is 0.377. The van der Waals surface area contributed by atoms with Crippen LogP contribution < -0.4 is 0 Å². The molecule has 3 rings (SSSR count). The number of thioether (sulfide) groups is 1. The summed E-state index contributed by atoms with van der Waals surface area (Å²) in [6, 6.07) is 4.46. The highest BCUT2D eigenvalue weighted by molar-refractivity contribution is 7.99. The van der Waals surface area contributed by atoms with Gasteiger partial charge in [0.2, 0.25) is 5.16 Å². The topological polar surface area (TPSA) is 65.7 Å². The highest BCUT2D eigenvalue weighted by Crippen LogP contribution is 2.25. The molecule has 0 amide bonds. The van der Waals surface area contributed by atoms with Crippen LogP contribution in [0.4, 0.5) is 0 Å². The zero-order valence-corrected chi connectivity index (χ0v) is 12.0. The van der Waals surface area contributed by atoms with Crippen LogP contribution in [-0.2, 0) is 11.2 Å². The average molecular weight is 291 g/mol. The average Bonchev–Trinajstić information content (AvgIpc) is 2.98. The van der Waals surface area contributed by atoms with Crippen LogP contribution in [0.2, 0.25) is 0 Å². The molecule has 1 aliphatic rings. The van der Waals surface area contributed by atoms with Crippen LogP contribution in [0.3, 0.4) is 0 Å². The molecule has 0 spiro atoms. The smallest absolute Gasteiger partial charge is 0.209 e. The highest BCUT2D eigenvalue weighted by atomic mass is 32.2. The molecule has 0 unspecified atom stereocenters. The normalized spacial score (nSPS) is 16.4. The molecule has 1 aliphatic heterocycles. The monoisotopic (exact) mass is 291 g/mol. The van der Waals surface area contributed by atoms with Gasteiger partial charge in [-0.3, -0.25) is 4.98 Å². The van der Waals surface area contributed by atoms with Gasteiger partial charge in [0.05, 0.1) is 6.04 Å². The number of ether oxygens (including phenoxy) is 1. The third-order valence-corrected chi connectivity index (χ3v) is 4.31. The maximum Gasteiger partial charge on any atom is 0.209 e. The molecule has 1 fully saturated rings. The molecule has 0 N–H and O–H groups in total. The summed E-state index contributed by atoms with van der Waals surface area (Å²) in [6.07, 6.45) is 6.62. The first kappa shape index (κ1) is 13.5. The highest BCUT2D eigenvalue weighted by Gasteiger charge is 2.20. The lowest BCUT2D eigenvalue weighted by atomic mass is 10.1. The fourth-order valence-electron chi connectivity index (χ4n) is 2.25. The van der Waals surface area contributed by atoms with Crippen molar-refractivity contribution in [1.82, 2.24) is 25.2 Å². The number of aromatic nitrogens is 5. The predicted molar refractivity (Wildman–Crippen MR) is 75.6 cm³/mol. The Morgan fingerprint density at radius 2 is 2.05 bits per heavy atom. The summed E-state index contributed by atoms with van der Waals surface area (Å²) in [7, 11) is 0. The van der Waals surface area contributed by atoms with E-state index >= 15 is 0 Å². The molecule has 106 valence electrons. The molecule has 0 aromatic carbocycles. The van der Waals surface area contributed by atoms with E-state index in [-0.39, 0.29) is 0 Å². The third-order valence-electron chi connectivity index (χ3n) is 3.37. The van der Waals surface area contributed by atoms with Crippen molar-refractivity contribution >= 4 is 11.8 Å². The molecule has 0 atom stereocenters. The van der Waals surface area contributed by atoms with Gasteiger partial charge >= 0.3 is 0 Å². The number of rotatable bonds is 5. The maximum absolute atomic E-state index is 5.38. The standard InChI is InChI=1S/C13H17N5OS/c1-6-14-7-2-11(1)5-10-20-13-15-16-17-18(13)12-3-8-19-9-4-12/h1-2,6-7,12H,3-5,8-10H2. The molecule has 6 nitrogen and oxygen atoms in total. The van der Waals surface area contributed by atoms with E-state index in [9.17, 15) is 0 Å². The van der Waals surface area contributed by atoms with Gasteiger partial charge in [0.1, 0.15) is 0 Å². The summed E-state index contributed by atoms with van der Waals surface area (Å²) in [6.45, 7) is 1.59. The van der Waals surface area contributed by atoms with Crippen molar-refractivity contribution in [2.24, 2.45) is 0 Å². The Kier molecular flexibility index (Phi) is 4.60. The number of hydrogen-bond acceptors (Lipinski definition) is 6. The van der Waals surface area contributed by atoms with E-state index in [0.717, 1.165) is 43.4 Å². The quantitative estimate of drug-likeness (QED) is 0.782. The second kappa shape index (κ2) is 6.81. The summed E-state index contributed by atoms with van der Waals surface area (Å²) in [5, 5.41) is 13.0. The molecule has 1 saturated heterocycles. The maximum atomic E-state index is 5.38. The van der Waals surface area contributed by atoms with Crippen LogP contribution in [0.25, 0.3) is 0 Å². The van der Waals surface area contributed by atoms with Crippen LogP contribution in [0, 0.1) is 0 Å². The summed E-state index contributed by atoms with van der Waals surface area (Å²) in [5.41, 5.74) is 1.29. The minimum Gasteiger partial charge on any atom is -0.381 e. The molecule has 3 heterocycles. The van der Waals surface area contributed by atoms with Gasteiger partial charge < -0.3 is 4.74 Å². The van der Waals surface area contributed by atoms with Crippen molar-refractivity contribution in [3.8, 4) is 0 Å². The number of aryl methyl sites for hydroxylation is 1. The zero-order valence-electron chi connectivity index (χ0n) is 11.2. The van der Waals surface area contributed by atoms with Gasteiger partial charge in [-0.15, -0.1) is 5.10 Å². The molecule has 20 heavy (non-hydrogen) atoms. The lowest BCUT2D eigenvalue weighted by Crippen LogP contribution is -2.21. The first-order valence-electron chi connectivity index (χ1n) is 6.81. The van der Waals surface area contributed by atoms with Gasteiger partial charge in [0, 0.05) is 31.4 Å². The second-order valence-electron chi connectivity index (χ2n) is 4.70. The van der Waals surface area contributed by atoms with E-state index in [1.807, 2.05) is 29.2 Å². The van der Waals surface area contributed by atoms with Gasteiger partial charge in [0.25, 0.3) is 0 Å². The van der Waals surface area contributed by atoms with Gasteiger partial charge in [-0.1, -0.05) is 11.8 Å². The van der Waals surface area contributed by atoms with Crippen LogP contribution in [0.1, 0.15) is 24.4 Å². The molecule has 2 aromatic rings. The van der Waals surface area contributed by atoms with Crippen molar-refractivity contribution in [1.29, 1.82) is 0 Å². The van der Waals surface area contributed by atoms with Crippen LogP contribution in [0.5, 0.6) is 0 Å². The summed E-state index contributed by atoms with van der Waals surface area (Å²) < 4.78 is 7.34. The molecule has 0 aliphatic carbocycles. The molecule has 7 heteroatoms. The first-order valence-corrected chi connectivity index (χ1v) is 7.79. The van der Waals surface area contributed by atoms with Crippen molar-refractivity contribution < 1.29 is 4.74 Å². The van der Waals surface area contributed by atoms with E-state index in [2.05, 4.69) is 20.5 Å². The summed E-state index contributed by atoms with van der Waals surface area (Å²) >= 11 is 1.71. The number of hydrogen-bond donors (Lipinski definition) is 0. The van der Waals surface area contributed by atoms with Gasteiger partial charge in [0.15, 0.2) is 0 Å². The first-order chi connectivity index (χ1) is 9.93. The Hall–Kier alpha value is -1.47. The van der Waals surface area contributed by atoms with Crippen molar-refractivity contribution in [3.63, 3.8) is 0 Å². The Morgan fingerprint density at radius 1 is 1.25 bits per heavy atom. The van der Waals surface area contributed by atoms with Crippen LogP contribution in [-0.4, -0.2) is 44.2 Å². The zero-order chi connectivity index (χ0) is 13.6. The van der Waals surface area contributed by atoms with Crippen LogP contribution in [0.15, 0.2) is 29.7 Å². The molecule has 0 radical (unpaired) electrons. The summed E-state index contributed by atoms with van der Waals surface area (Å²) in [4.78, 5) is 4.02. The Morgan fingerprint density at radius 3 is 2.85 bits per heavy atom. The molecule has 0 bridgehead atoms. The van der Waals surface area contributed by atoms with Crippen LogP contribution >= 0.6 is 11.8 Å². The van der Waals surface area contributed by atoms with E-state index < -0.39 is 0 Å². The third kappa shape index (κ3) is 3.34. The van der Waals surface area contributed by atoms with E-state index in [1.54, 1.807) is 11.8 Å². The van der Waals surface area contributed by atoms with E-state index in [0.29, 0.717) is 6.04 Å². The SMILES string of the molecule is c1cc(CCSc2nnnn2C2CCOCC2)ccn1. The van der Waals surface area contributed by atoms with Gasteiger partial charge in [-0.2, -0.15) is 0 Å². The fraction of sp³-hybridized carbons (Fsp3) is 0.538. The van der Waals surface area contributed by atoms with Crippen molar-refractivity contribution in [3.05, 3.63) is 30.1 Å². The lowest BCUT2D eigenvalue weighted by Gasteiger charge is -2.22. The fourth-order valence-corrected chi connectivity index (χ4v) is 3.18. The molecular formula is C13H17N5OS. The molecular weight excluding hydrogens is 274 g/mol. The number of tetrazole rings is 1. The van der Waals surface area contributed by atoms with Gasteiger partial charge in [-0.05, 0) is 47.4 Å². The molecule has 0 saturated carbocycles.